The van der Waals surface area contributed by atoms with Crippen LogP contribution in [0.25, 0.3) is 0 Å². The van der Waals surface area contributed by atoms with Gasteiger partial charge in [-0.15, -0.1) is 6.42 Å². The van der Waals surface area contributed by atoms with Gasteiger partial charge in [-0.2, -0.15) is 0 Å². The van der Waals surface area contributed by atoms with E-state index in [9.17, 15) is 14.4 Å². The molecule has 2 aromatic rings. The Morgan fingerprint density at radius 3 is 2.32 bits per heavy atom. The largest absolute Gasteiger partial charge is 0.444 e. The molecule has 0 heterocycles. The molecule has 7 nitrogen and oxygen atoms in total. The summed E-state index contributed by atoms with van der Waals surface area (Å²) in [4.78, 5) is 42.4. The maximum atomic E-state index is 14.2. The number of para-hydroxylation sites is 1. The summed E-state index contributed by atoms with van der Waals surface area (Å²) in [7, 11) is 0. The number of halogens is 1. The van der Waals surface area contributed by atoms with E-state index in [1.165, 1.54) is 0 Å². The zero-order valence-electron chi connectivity index (χ0n) is 22.8. The molecule has 38 heavy (non-hydrogen) atoms. The summed E-state index contributed by atoms with van der Waals surface area (Å²) in [6, 6.07) is 10.3. The van der Waals surface area contributed by atoms with Crippen LogP contribution in [0.1, 0.15) is 70.2 Å². The van der Waals surface area contributed by atoms with Gasteiger partial charge < -0.3 is 20.3 Å². The molecule has 1 aliphatic carbocycles. The second kappa shape index (κ2) is 11.9. The van der Waals surface area contributed by atoms with Crippen molar-refractivity contribution in [2.75, 3.05) is 5.32 Å². The number of alkyl carbamates (subject to hydrolysis) is 1. The van der Waals surface area contributed by atoms with Crippen molar-refractivity contribution in [1.82, 2.24) is 10.2 Å². The minimum atomic E-state index is -1.04. The number of terminal acetylenes is 1. The van der Waals surface area contributed by atoms with Crippen molar-refractivity contribution in [3.63, 3.8) is 0 Å². The van der Waals surface area contributed by atoms with Crippen LogP contribution in [0.4, 0.5) is 10.5 Å². The molecule has 8 heteroatoms. The van der Waals surface area contributed by atoms with Gasteiger partial charge in [-0.25, -0.2) is 4.79 Å². The van der Waals surface area contributed by atoms with Crippen molar-refractivity contribution in [3.05, 3.63) is 64.2 Å². The molecule has 3 rings (SSSR count). The molecular formula is C30H36ClN3O4. The number of carbonyl (C=O) groups is 3. The third kappa shape index (κ3) is 7.08. The van der Waals surface area contributed by atoms with Crippen LogP contribution >= 0.6 is 11.6 Å². The predicted molar refractivity (Wildman–Crippen MR) is 150 cm³/mol. The molecule has 0 radical (unpaired) electrons. The van der Waals surface area contributed by atoms with Crippen molar-refractivity contribution in [1.29, 1.82) is 0 Å². The summed E-state index contributed by atoms with van der Waals surface area (Å²) in [5.41, 5.74) is 1.55. The molecule has 0 spiro atoms. The first-order valence-electron chi connectivity index (χ1n) is 12.8. The van der Waals surface area contributed by atoms with E-state index in [2.05, 4.69) is 16.6 Å². The third-order valence-corrected chi connectivity index (χ3v) is 6.52. The van der Waals surface area contributed by atoms with E-state index >= 15 is 0 Å². The second-order valence-corrected chi connectivity index (χ2v) is 11.3. The average molecular weight is 538 g/mol. The number of hydrogen-bond donors (Lipinski definition) is 2. The lowest BCUT2D eigenvalue weighted by molar-refractivity contribution is -0.142. The highest BCUT2D eigenvalue weighted by atomic mass is 35.5. The van der Waals surface area contributed by atoms with Crippen LogP contribution in [0.5, 0.6) is 0 Å². The van der Waals surface area contributed by atoms with Gasteiger partial charge in [0.05, 0.1) is 10.7 Å². The highest BCUT2D eigenvalue weighted by molar-refractivity contribution is 6.34. The highest BCUT2D eigenvalue weighted by Crippen LogP contribution is 2.38. The van der Waals surface area contributed by atoms with E-state index in [4.69, 9.17) is 22.8 Å². The van der Waals surface area contributed by atoms with Crippen LogP contribution in [0.3, 0.4) is 0 Å². The topological polar surface area (TPSA) is 87.7 Å². The van der Waals surface area contributed by atoms with E-state index in [1.807, 2.05) is 26.8 Å². The number of amides is 3. The van der Waals surface area contributed by atoms with Crippen molar-refractivity contribution >= 4 is 35.2 Å². The van der Waals surface area contributed by atoms with Crippen LogP contribution in [0.15, 0.2) is 42.5 Å². The van der Waals surface area contributed by atoms with Gasteiger partial charge in [0.2, 0.25) is 5.91 Å². The van der Waals surface area contributed by atoms with Crippen molar-refractivity contribution in [2.24, 2.45) is 5.92 Å². The Morgan fingerprint density at radius 1 is 1.11 bits per heavy atom. The minimum absolute atomic E-state index is 0.182. The van der Waals surface area contributed by atoms with Crippen LogP contribution < -0.4 is 10.6 Å². The zero-order valence-corrected chi connectivity index (χ0v) is 23.6. The van der Waals surface area contributed by atoms with Crippen molar-refractivity contribution < 1.29 is 19.1 Å². The Kier molecular flexibility index (Phi) is 9.11. The number of ether oxygens (including phenoxy) is 1. The van der Waals surface area contributed by atoms with E-state index in [1.54, 1.807) is 62.1 Å². The molecule has 2 aromatic carbocycles. The van der Waals surface area contributed by atoms with Gasteiger partial charge in [0, 0.05) is 11.6 Å². The van der Waals surface area contributed by atoms with Crippen LogP contribution in [-0.2, 0) is 14.3 Å². The number of nitrogens with one attached hydrogen (secondary N) is 2. The Balaban J connectivity index is 2.06. The first kappa shape index (κ1) is 29.1. The number of hydrogen-bond acceptors (Lipinski definition) is 4. The number of benzene rings is 2. The quantitative estimate of drug-likeness (QED) is 0.413. The molecule has 1 aliphatic rings. The SMILES string of the molecule is C#Cc1ccccc1C(C(=O)Nc1c(C)cccc1Cl)N(C(=O)C(NC(=O)OC(C)(C)C)C(C)C)C1CC1. The Hall–Kier alpha value is -3.50. The average Bonchev–Trinajstić information content (AvgIpc) is 3.66. The lowest BCUT2D eigenvalue weighted by atomic mass is 9.95. The normalized spacial score (nSPS) is 14.7. The lowest BCUT2D eigenvalue weighted by Gasteiger charge is -2.36. The third-order valence-electron chi connectivity index (χ3n) is 6.21. The molecular weight excluding hydrogens is 502 g/mol. The molecule has 1 fully saturated rings. The Bertz CT molecular complexity index is 1220. The van der Waals surface area contributed by atoms with Gasteiger partial charge >= 0.3 is 6.09 Å². The zero-order chi connectivity index (χ0) is 28.2. The summed E-state index contributed by atoms with van der Waals surface area (Å²) in [5, 5.41) is 6.06. The molecule has 1 saturated carbocycles. The van der Waals surface area contributed by atoms with Gasteiger partial charge in [-0.3, -0.25) is 9.59 Å². The predicted octanol–water partition coefficient (Wildman–Crippen LogP) is 5.85. The summed E-state index contributed by atoms with van der Waals surface area (Å²) < 4.78 is 5.42. The smallest absolute Gasteiger partial charge is 0.408 e. The number of rotatable bonds is 8. The van der Waals surface area contributed by atoms with Crippen LogP contribution in [0.2, 0.25) is 5.02 Å². The molecule has 3 amide bonds. The van der Waals surface area contributed by atoms with Gasteiger partial charge in [-0.05, 0) is 69.7 Å². The highest BCUT2D eigenvalue weighted by Gasteiger charge is 2.45. The maximum Gasteiger partial charge on any atom is 0.408 e. The van der Waals surface area contributed by atoms with E-state index in [0.717, 1.165) is 18.4 Å². The molecule has 2 atom stereocenters. The maximum absolute atomic E-state index is 14.2. The fourth-order valence-electron chi connectivity index (χ4n) is 4.25. The number of carbonyl (C=O) groups excluding carboxylic acids is 3. The number of nitrogens with zero attached hydrogens (tertiary/aromatic N) is 1. The summed E-state index contributed by atoms with van der Waals surface area (Å²) >= 11 is 6.41. The van der Waals surface area contributed by atoms with E-state index in [0.29, 0.717) is 21.8 Å². The molecule has 2 N–H and O–H groups in total. The van der Waals surface area contributed by atoms with Crippen molar-refractivity contribution in [2.45, 2.75) is 78.1 Å². The monoisotopic (exact) mass is 537 g/mol. The molecule has 0 aromatic heterocycles. The van der Waals surface area contributed by atoms with Gasteiger partial charge in [0.1, 0.15) is 17.7 Å². The van der Waals surface area contributed by atoms with Gasteiger partial charge in [0.25, 0.3) is 5.91 Å². The molecule has 0 saturated heterocycles. The van der Waals surface area contributed by atoms with Gasteiger partial charge in [-0.1, -0.05) is 61.7 Å². The molecule has 202 valence electrons. The van der Waals surface area contributed by atoms with Crippen LogP contribution in [0, 0.1) is 25.2 Å². The molecule has 0 aliphatic heterocycles. The van der Waals surface area contributed by atoms with Gasteiger partial charge in [0.15, 0.2) is 0 Å². The first-order valence-corrected chi connectivity index (χ1v) is 13.1. The van der Waals surface area contributed by atoms with Crippen LogP contribution in [-0.4, -0.2) is 40.5 Å². The van der Waals surface area contributed by atoms with Crippen molar-refractivity contribution in [3.8, 4) is 12.3 Å². The molecule has 0 bridgehead atoms. The fraction of sp³-hybridized carbons (Fsp3) is 0.433. The summed E-state index contributed by atoms with van der Waals surface area (Å²) in [6.45, 7) is 10.8. The number of anilines is 1. The summed E-state index contributed by atoms with van der Waals surface area (Å²) in [5.74, 6) is 1.56. The van der Waals surface area contributed by atoms with E-state index in [-0.39, 0.29) is 17.9 Å². The second-order valence-electron chi connectivity index (χ2n) is 10.9. The van der Waals surface area contributed by atoms with E-state index < -0.39 is 29.7 Å². The fourth-order valence-corrected chi connectivity index (χ4v) is 4.51. The molecule has 2 unspecified atom stereocenters. The Morgan fingerprint density at radius 2 is 1.76 bits per heavy atom. The summed E-state index contributed by atoms with van der Waals surface area (Å²) in [6.07, 6.45) is 6.58. The lowest BCUT2D eigenvalue weighted by Crippen LogP contribution is -2.55. The standard InChI is InChI=1S/C30H36ClN3O4/c1-8-20-13-9-10-14-22(20)26(27(35)32-25-19(4)12-11-15-23(25)31)34(21-16-17-21)28(36)24(18(2)3)33-29(37)38-30(5,6)7/h1,9-15,18,21,24,26H,16-17H2,2-7H3,(H,32,35)(H,33,37). The Labute approximate surface area is 230 Å². The first-order chi connectivity index (χ1) is 17.8. The minimum Gasteiger partial charge on any atom is -0.444 e. The number of aryl methyl sites for hydroxylation is 1.